The predicted molar refractivity (Wildman–Crippen MR) is 115 cm³/mol. The maximum absolute atomic E-state index is 14.1. The smallest absolute Gasteiger partial charge is 0.304 e. The van der Waals surface area contributed by atoms with Crippen molar-refractivity contribution in [2.75, 3.05) is 6.54 Å². The fourth-order valence-corrected chi connectivity index (χ4v) is 6.43. The summed E-state index contributed by atoms with van der Waals surface area (Å²) in [6, 6.07) is 16.8. The van der Waals surface area contributed by atoms with Crippen molar-refractivity contribution in [2.45, 2.75) is 65.6 Å². The summed E-state index contributed by atoms with van der Waals surface area (Å²) in [7, 11) is -3.42. The topological polar surface area (TPSA) is 38.8 Å². The summed E-state index contributed by atoms with van der Waals surface area (Å²) in [6.45, 7) is 11.3. The molecule has 0 N–H and O–H groups in total. The van der Waals surface area contributed by atoms with E-state index in [-0.39, 0.29) is 12.2 Å². The lowest BCUT2D eigenvalue weighted by Gasteiger charge is -2.41. The van der Waals surface area contributed by atoms with Gasteiger partial charge in [-0.3, -0.25) is 9.46 Å². The van der Waals surface area contributed by atoms with E-state index in [1.807, 2.05) is 39.8 Å². The molecule has 0 saturated carbocycles. The van der Waals surface area contributed by atoms with Gasteiger partial charge in [-0.05, 0) is 57.7 Å². The minimum atomic E-state index is -3.42. The maximum Gasteiger partial charge on any atom is 0.352 e. The Hall–Kier alpha value is -1.45. The van der Waals surface area contributed by atoms with Crippen LogP contribution < -0.4 is 0 Å². The summed E-state index contributed by atoms with van der Waals surface area (Å²) >= 11 is 0. The second-order valence-electron chi connectivity index (χ2n) is 8.13. The molecule has 2 aromatic carbocycles. The molecule has 1 aliphatic heterocycles. The van der Waals surface area contributed by atoms with Crippen molar-refractivity contribution in [3.63, 3.8) is 0 Å². The van der Waals surface area contributed by atoms with E-state index in [0.717, 1.165) is 18.5 Å². The molecule has 0 fully saturated rings. The van der Waals surface area contributed by atoms with Crippen LogP contribution in [0.3, 0.4) is 0 Å². The van der Waals surface area contributed by atoms with E-state index in [0.29, 0.717) is 6.54 Å². The zero-order valence-corrected chi connectivity index (χ0v) is 18.5. The second-order valence-corrected chi connectivity index (χ2v) is 10.1. The highest BCUT2D eigenvalue weighted by Crippen LogP contribution is 2.65. The number of hydrogen-bond acceptors (Lipinski definition) is 4. The minimum Gasteiger partial charge on any atom is -0.304 e. The van der Waals surface area contributed by atoms with Crippen LogP contribution in [-0.2, 0) is 26.6 Å². The van der Waals surface area contributed by atoms with Gasteiger partial charge in [0.15, 0.2) is 0 Å². The normalized spacial score (nSPS) is 17.9. The standard InChI is InChI=1S/C23H32NO3P/c1-17(2)26-28(25,27-18(3)4)23-22-9-7-6-8-21(22)14-15-24(23)16-20-12-10-19(5)11-13-20/h6-13,17-18,23H,14-16H2,1-5H3. The van der Waals surface area contributed by atoms with Crippen LogP contribution in [0.1, 0.15) is 55.7 Å². The lowest BCUT2D eigenvalue weighted by atomic mass is 9.99. The molecule has 0 amide bonds. The van der Waals surface area contributed by atoms with Crippen molar-refractivity contribution in [1.29, 1.82) is 0 Å². The van der Waals surface area contributed by atoms with Gasteiger partial charge in [-0.1, -0.05) is 54.1 Å². The first kappa shape index (κ1) is 21.3. The Morgan fingerprint density at radius 1 is 1.00 bits per heavy atom. The quantitative estimate of drug-likeness (QED) is 0.526. The summed E-state index contributed by atoms with van der Waals surface area (Å²) in [6.07, 6.45) is 0.571. The summed E-state index contributed by atoms with van der Waals surface area (Å²) in [4.78, 5) is 2.26. The maximum atomic E-state index is 14.1. The molecule has 1 heterocycles. The Kier molecular flexibility index (Phi) is 6.77. The summed E-state index contributed by atoms with van der Waals surface area (Å²) in [5, 5.41) is 0. The molecule has 3 rings (SSSR count). The van der Waals surface area contributed by atoms with Crippen molar-refractivity contribution >= 4 is 7.60 Å². The van der Waals surface area contributed by atoms with Crippen molar-refractivity contribution < 1.29 is 13.6 Å². The zero-order valence-electron chi connectivity index (χ0n) is 17.6. The second kappa shape index (κ2) is 8.92. The molecule has 1 aliphatic rings. The monoisotopic (exact) mass is 401 g/mol. The number of fused-ring (bicyclic) bond motifs is 1. The summed E-state index contributed by atoms with van der Waals surface area (Å²) in [5.74, 6) is -0.399. The number of aryl methyl sites for hydroxylation is 1. The fraction of sp³-hybridized carbons (Fsp3) is 0.478. The lowest BCUT2D eigenvalue weighted by Crippen LogP contribution is -2.36. The lowest BCUT2D eigenvalue weighted by molar-refractivity contribution is 0.106. The van der Waals surface area contributed by atoms with E-state index in [2.05, 4.69) is 48.2 Å². The van der Waals surface area contributed by atoms with Gasteiger partial charge < -0.3 is 9.05 Å². The molecular weight excluding hydrogens is 369 g/mol. The molecule has 1 unspecified atom stereocenters. The van der Waals surface area contributed by atoms with Crippen molar-refractivity contribution in [2.24, 2.45) is 0 Å². The summed E-state index contributed by atoms with van der Waals surface area (Å²) in [5.41, 5.74) is 4.73. The molecule has 152 valence electrons. The van der Waals surface area contributed by atoms with Gasteiger partial charge in [0.1, 0.15) is 5.78 Å². The third kappa shape index (κ3) is 4.93. The first-order chi connectivity index (χ1) is 13.3. The largest absolute Gasteiger partial charge is 0.352 e. The Bertz CT molecular complexity index is 818. The highest BCUT2D eigenvalue weighted by molar-refractivity contribution is 7.54. The van der Waals surface area contributed by atoms with Gasteiger partial charge in [0.25, 0.3) is 0 Å². The number of hydrogen-bond donors (Lipinski definition) is 0. The molecular formula is C23H32NO3P. The van der Waals surface area contributed by atoms with Crippen LogP contribution in [-0.4, -0.2) is 23.7 Å². The molecule has 2 aromatic rings. The Morgan fingerprint density at radius 3 is 2.21 bits per heavy atom. The minimum absolute atomic E-state index is 0.181. The predicted octanol–water partition coefficient (Wildman–Crippen LogP) is 6.10. The van der Waals surface area contributed by atoms with E-state index in [1.54, 1.807) is 0 Å². The van der Waals surface area contributed by atoms with Crippen LogP contribution in [0.2, 0.25) is 0 Å². The third-order valence-corrected chi connectivity index (χ3v) is 7.50. The molecule has 0 bridgehead atoms. The molecule has 28 heavy (non-hydrogen) atoms. The molecule has 0 saturated heterocycles. The number of rotatable bonds is 7. The van der Waals surface area contributed by atoms with Crippen LogP contribution in [0.15, 0.2) is 48.5 Å². The van der Waals surface area contributed by atoms with Gasteiger partial charge in [-0.25, -0.2) is 0 Å². The average molecular weight is 401 g/mol. The van der Waals surface area contributed by atoms with Gasteiger partial charge in [-0.2, -0.15) is 0 Å². The molecule has 0 aliphatic carbocycles. The zero-order chi connectivity index (χ0) is 20.3. The molecule has 1 atom stereocenters. The highest BCUT2D eigenvalue weighted by atomic mass is 31.2. The van der Waals surface area contributed by atoms with Crippen LogP contribution in [0.25, 0.3) is 0 Å². The first-order valence-electron chi connectivity index (χ1n) is 10.1. The van der Waals surface area contributed by atoms with Crippen molar-refractivity contribution in [3.05, 3.63) is 70.8 Å². The van der Waals surface area contributed by atoms with Crippen LogP contribution in [0.5, 0.6) is 0 Å². The molecule has 4 nitrogen and oxygen atoms in total. The fourth-order valence-electron chi connectivity index (χ4n) is 3.79. The van der Waals surface area contributed by atoms with E-state index in [9.17, 15) is 4.57 Å². The Balaban J connectivity index is 2.03. The van der Waals surface area contributed by atoms with E-state index >= 15 is 0 Å². The van der Waals surface area contributed by atoms with Gasteiger partial charge in [-0.15, -0.1) is 0 Å². The average Bonchev–Trinajstić information content (AvgIpc) is 2.61. The van der Waals surface area contributed by atoms with Gasteiger partial charge in [0, 0.05) is 13.1 Å². The molecule has 0 spiro atoms. The molecule has 0 aromatic heterocycles. The van der Waals surface area contributed by atoms with Crippen LogP contribution in [0, 0.1) is 6.92 Å². The summed E-state index contributed by atoms with van der Waals surface area (Å²) < 4.78 is 26.2. The van der Waals surface area contributed by atoms with Crippen molar-refractivity contribution in [1.82, 2.24) is 4.90 Å². The third-order valence-electron chi connectivity index (χ3n) is 4.87. The highest BCUT2D eigenvalue weighted by Gasteiger charge is 2.45. The SMILES string of the molecule is Cc1ccc(CN2CCc3ccccc3C2P(=O)(OC(C)C)OC(C)C)cc1. The number of benzene rings is 2. The van der Waals surface area contributed by atoms with Crippen LogP contribution >= 0.6 is 7.60 Å². The van der Waals surface area contributed by atoms with Gasteiger partial charge in [0.05, 0.1) is 12.2 Å². The van der Waals surface area contributed by atoms with E-state index < -0.39 is 13.4 Å². The Labute approximate surface area is 169 Å². The Morgan fingerprint density at radius 2 is 1.61 bits per heavy atom. The molecule has 0 radical (unpaired) electrons. The van der Waals surface area contributed by atoms with Crippen molar-refractivity contribution in [3.8, 4) is 0 Å². The van der Waals surface area contributed by atoms with Gasteiger partial charge >= 0.3 is 7.60 Å². The molecule has 5 heteroatoms. The van der Waals surface area contributed by atoms with Crippen LogP contribution in [0.4, 0.5) is 0 Å². The number of nitrogens with zero attached hydrogens (tertiary/aromatic N) is 1. The first-order valence-corrected chi connectivity index (χ1v) is 11.7. The van der Waals surface area contributed by atoms with E-state index in [1.165, 1.54) is 16.7 Å². The van der Waals surface area contributed by atoms with E-state index in [4.69, 9.17) is 9.05 Å². The van der Waals surface area contributed by atoms with Gasteiger partial charge in [0.2, 0.25) is 0 Å².